The molecule has 0 aliphatic carbocycles. The summed E-state index contributed by atoms with van der Waals surface area (Å²) in [5.41, 5.74) is 1.05. The third kappa shape index (κ3) is 6.13. The zero-order valence-corrected chi connectivity index (χ0v) is 16.8. The van der Waals surface area contributed by atoms with E-state index in [1.54, 1.807) is 30.3 Å². The minimum Gasteiger partial charge on any atom is -0.457 e. The lowest BCUT2D eigenvalue weighted by Gasteiger charge is -2.13. The van der Waals surface area contributed by atoms with Crippen molar-refractivity contribution in [3.8, 4) is 17.1 Å². The Morgan fingerprint density at radius 1 is 1.10 bits per heavy atom. The molecule has 0 aliphatic rings. The number of para-hydroxylation sites is 2. The van der Waals surface area contributed by atoms with Crippen LogP contribution in [0.15, 0.2) is 71.2 Å². The van der Waals surface area contributed by atoms with E-state index in [2.05, 4.69) is 15.4 Å². The third-order valence-corrected chi connectivity index (χ3v) is 4.20. The number of hydrogen-bond acceptors (Lipinski definition) is 4. The van der Waals surface area contributed by atoms with Crippen molar-refractivity contribution in [3.63, 3.8) is 0 Å². The van der Waals surface area contributed by atoms with Crippen LogP contribution in [0.5, 0.6) is 5.75 Å². The van der Waals surface area contributed by atoms with E-state index in [0.29, 0.717) is 16.5 Å². The van der Waals surface area contributed by atoms with E-state index < -0.39 is 12.5 Å². The number of ether oxygens (including phenoxy) is 1. The molecule has 0 unspecified atom stereocenters. The molecule has 30 heavy (non-hydrogen) atoms. The number of benzene rings is 2. The Hall–Kier alpha value is -3.23. The molecule has 5 nitrogen and oxygen atoms in total. The molecule has 0 radical (unpaired) electrons. The van der Waals surface area contributed by atoms with Crippen LogP contribution < -0.4 is 15.4 Å². The van der Waals surface area contributed by atoms with E-state index in [0.717, 1.165) is 5.56 Å². The summed E-state index contributed by atoms with van der Waals surface area (Å²) in [4.78, 5) is 12.1. The Labute approximate surface area is 181 Å². The predicted molar refractivity (Wildman–Crippen MR) is 116 cm³/mol. The van der Waals surface area contributed by atoms with Crippen LogP contribution in [-0.4, -0.2) is 17.6 Å². The number of anilines is 1. The average Bonchev–Trinajstić information content (AvgIpc) is 3.17. The first-order valence-electron chi connectivity index (χ1n) is 8.60. The minimum absolute atomic E-state index is 0.0729. The molecule has 0 fully saturated rings. The Kier molecular flexibility index (Phi) is 7.16. The molecule has 3 aromatic rings. The van der Waals surface area contributed by atoms with Crippen molar-refractivity contribution in [1.82, 2.24) is 5.32 Å². The van der Waals surface area contributed by atoms with Gasteiger partial charge in [-0.3, -0.25) is 10.1 Å². The maximum absolute atomic E-state index is 12.5. The smallest absolute Gasteiger partial charge is 0.387 e. The Morgan fingerprint density at radius 3 is 2.57 bits per heavy atom. The van der Waals surface area contributed by atoms with E-state index in [1.807, 2.05) is 12.1 Å². The number of nitrogens with one attached hydrogen (secondary N) is 2. The van der Waals surface area contributed by atoms with Gasteiger partial charge in [-0.05, 0) is 66.8 Å². The molecular weight excluding hydrogens is 434 g/mol. The lowest BCUT2D eigenvalue weighted by Crippen LogP contribution is -2.33. The van der Waals surface area contributed by atoms with E-state index >= 15 is 0 Å². The van der Waals surface area contributed by atoms with Crippen LogP contribution in [0.1, 0.15) is 5.76 Å². The second-order valence-corrected chi connectivity index (χ2v) is 6.70. The highest BCUT2D eigenvalue weighted by Crippen LogP contribution is 2.26. The fraction of sp³-hybridized carbons (Fsp3) is 0.0476. The van der Waals surface area contributed by atoms with Gasteiger partial charge in [0.1, 0.15) is 17.3 Å². The summed E-state index contributed by atoms with van der Waals surface area (Å²) in [7, 11) is 0. The van der Waals surface area contributed by atoms with Gasteiger partial charge in [-0.15, -0.1) is 0 Å². The molecule has 0 spiro atoms. The number of amides is 1. The third-order valence-electron chi connectivity index (χ3n) is 3.74. The largest absolute Gasteiger partial charge is 0.457 e. The predicted octanol–water partition coefficient (Wildman–Crippen LogP) is 5.73. The highest BCUT2D eigenvalue weighted by molar-refractivity contribution is 7.80. The van der Waals surface area contributed by atoms with Gasteiger partial charge < -0.3 is 14.5 Å². The molecule has 2 aromatic carbocycles. The maximum atomic E-state index is 12.5. The van der Waals surface area contributed by atoms with Crippen molar-refractivity contribution in [3.05, 3.63) is 77.5 Å². The molecule has 9 heteroatoms. The second-order valence-electron chi connectivity index (χ2n) is 5.86. The first-order valence-corrected chi connectivity index (χ1v) is 9.39. The number of halogens is 3. The van der Waals surface area contributed by atoms with Crippen molar-refractivity contribution < 1.29 is 22.7 Å². The highest BCUT2D eigenvalue weighted by Gasteiger charge is 2.11. The van der Waals surface area contributed by atoms with Crippen molar-refractivity contribution in [2.24, 2.45) is 0 Å². The monoisotopic (exact) mass is 448 g/mol. The molecule has 0 aliphatic heterocycles. The van der Waals surface area contributed by atoms with Crippen LogP contribution in [-0.2, 0) is 4.79 Å². The summed E-state index contributed by atoms with van der Waals surface area (Å²) in [5, 5.41) is 5.61. The number of hydrogen-bond donors (Lipinski definition) is 2. The van der Waals surface area contributed by atoms with Gasteiger partial charge in [0, 0.05) is 16.7 Å². The van der Waals surface area contributed by atoms with E-state index in [9.17, 15) is 13.6 Å². The van der Waals surface area contributed by atoms with Crippen molar-refractivity contribution in [2.75, 3.05) is 5.32 Å². The summed E-state index contributed by atoms with van der Waals surface area (Å²) in [6.45, 7) is -2.98. The van der Waals surface area contributed by atoms with E-state index in [4.69, 9.17) is 28.2 Å². The summed E-state index contributed by atoms with van der Waals surface area (Å²) in [6.07, 6.45) is 2.71. The van der Waals surface area contributed by atoms with Gasteiger partial charge in [0.05, 0.1) is 5.69 Å². The number of carbonyl (C=O) groups is 1. The first kappa shape index (κ1) is 21.5. The van der Waals surface area contributed by atoms with Gasteiger partial charge in [-0.1, -0.05) is 23.7 Å². The van der Waals surface area contributed by atoms with Gasteiger partial charge in [0.25, 0.3) is 0 Å². The van der Waals surface area contributed by atoms with Crippen LogP contribution in [0.25, 0.3) is 17.4 Å². The van der Waals surface area contributed by atoms with Crippen LogP contribution in [0, 0.1) is 0 Å². The molecule has 0 bridgehead atoms. The van der Waals surface area contributed by atoms with Crippen molar-refractivity contribution in [1.29, 1.82) is 0 Å². The van der Waals surface area contributed by atoms with Crippen molar-refractivity contribution in [2.45, 2.75) is 6.61 Å². The lowest BCUT2D eigenvalue weighted by atomic mass is 10.2. The minimum atomic E-state index is -2.98. The fourth-order valence-corrected chi connectivity index (χ4v) is 2.78. The average molecular weight is 449 g/mol. The SMILES string of the molecule is O=C(C=Cc1ccc(-c2ccc(Cl)cc2)o1)NC(=S)Nc1ccccc1OC(F)F. The van der Waals surface area contributed by atoms with Gasteiger partial charge in [-0.25, -0.2) is 0 Å². The quantitative estimate of drug-likeness (QED) is 0.372. The second kappa shape index (κ2) is 10.00. The molecular formula is C21H15ClF2N2O3S. The Balaban J connectivity index is 1.57. The zero-order chi connectivity index (χ0) is 21.5. The highest BCUT2D eigenvalue weighted by atomic mass is 35.5. The van der Waals surface area contributed by atoms with Crippen LogP contribution in [0.3, 0.4) is 0 Å². The van der Waals surface area contributed by atoms with Gasteiger partial charge in [-0.2, -0.15) is 8.78 Å². The number of rotatable bonds is 6. The standard InChI is InChI=1S/C21H15ClF2N2O3S/c22-14-7-5-13(6-8-14)17-11-9-15(28-17)10-12-19(27)26-21(30)25-16-3-1-2-4-18(16)29-20(23)24/h1-12,20H,(H2,25,26,27,30). The number of alkyl halides is 2. The van der Waals surface area contributed by atoms with Crippen LogP contribution in [0.2, 0.25) is 5.02 Å². The molecule has 0 saturated heterocycles. The summed E-state index contributed by atoms with van der Waals surface area (Å²) in [6, 6.07) is 16.6. The molecule has 154 valence electrons. The van der Waals surface area contributed by atoms with E-state index in [-0.39, 0.29) is 16.5 Å². The van der Waals surface area contributed by atoms with E-state index in [1.165, 1.54) is 30.4 Å². The molecule has 1 aromatic heterocycles. The molecule has 1 amide bonds. The molecule has 0 atom stereocenters. The molecule has 3 rings (SSSR count). The summed E-state index contributed by atoms with van der Waals surface area (Å²) < 4.78 is 35.0. The lowest BCUT2D eigenvalue weighted by molar-refractivity contribution is -0.115. The first-order chi connectivity index (χ1) is 14.4. The normalized spacial score (nSPS) is 10.9. The Morgan fingerprint density at radius 2 is 1.83 bits per heavy atom. The topological polar surface area (TPSA) is 63.5 Å². The summed E-state index contributed by atoms with van der Waals surface area (Å²) in [5.74, 6) is 0.471. The number of carbonyl (C=O) groups excluding carboxylic acids is 1. The fourth-order valence-electron chi connectivity index (χ4n) is 2.45. The van der Waals surface area contributed by atoms with Crippen LogP contribution in [0.4, 0.5) is 14.5 Å². The Bertz CT molecular complexity index is 1070. The molecule has 1 heterocycles. The molecule has 0 saturated carbocycles. The zero-order valence-electron chi connectivity index (χ0n) is 15.3. The summed E-state index contributed by atoms with van der Waals surface area (Å²) >= 11 is 10.9. The van der Waals surface area contributed by atoms with Gasteiger partial charge in [0.2, 0.25) is 5.91 Å². The van der Waals surface area contributed by atoms with Crippen LogP contribution >= 0.6 is 23.8 Å². The maximum Gasteiger partial charge on any atom is 0.387 e. The van der Waals surface area contributed by atoms with Gasteiger partial charge in [0.15, 0.2) is 5.11 Å². The number of furan rings is 1. The molecule has 2 N–H and O–H groups in total. The number of thiocarbonyl (C=S) groups is 1. The van der Waals surface area contributed by atoms with Crippen molar-refractivity contribution >= 4 is 46.6 Å². The van der Waals surface area contributed by atoms with Gasteiger partial charge >= 0.3 is 6.61 Å².